The number of carboxylic acid groups (broad SMARTS) is 1. The molecule has 0 aliphatic heterocycles. The molecule has 0 heterocycles. The molecule has 2 aliphatic rings. The van der Waals surface area contributed by atoms with Crippen LogP contribution in [0.25, 0.3) is 0 Å². The third-order valence-electron chi connectivity index (χ3n) is 3.36. The molecule has 0 bridgehead atoms. The maximum Gasteiger partial charge on any atom is 0.306 e. The van der Waals surface area contributed by atoms with Crippen LogP contribution in [-0.4, -0.2) is 11.1 Å². The smallest absolute Gasteiger partial charge is 0.306 e. The summed E-state index contributed by atoms with van der Waals surface area (Å²) in [6, 6.07) is 0. The third kappa shape index (κ3) is 1.47. The lowest BCUT2D eigenvalue weighted by Crippen LogP contribution is -2.28. The van der Waals surface area contributed by atoms with Gasteiger partial charge in [-0.15, -0.1) is 0 Å². The van der Waals surface area contributed by atoms with E-state index in [4.69, 9.17) is 5.11 Å². The summed E-state index contributed by atoms with van der Waals surface area (Å²) in [4.78, 5) is 10.9. The van der Waals surface area contributed by atoms with Crippen molar-refractivity contribution in [1.82, 2.24) is 0 Å². The van der Waals surface area contributed by atoms with Gasteiger partial charge in [0.1, 0.15) is 0 Å². The maximum absolute atomic E-state index is 10.9. The van der Waals surface area contributed by atoms with Crippen LogP contribution in [0.1, 0.15) is 38.5 Å². The number of hydrogen-bond acceptors (Lipinski definition) is 1. The molecule has 12 heavy (non-hydrogen) atoms. The van der Waals surface area contributed by atoms with Gasteiger partial charge in [-0.3, -0.25) is 4.79 Å². The molecule has 0 amide bonds. The molecule has 2 fully saturated rings. The summed E-state index contributed by atoms with van der Waals surface area (Å²) >= 11 is 0. The minimum Gasteiger partial charge on any atom is -0.481 e. The van der Waals surface area contributed by atoms with Gasteiger partial charge in [0.15, 0.2) is 0 Å². The maximum atomic E-state index is 10.9. The van der Waals surface area contributed by atoms with Gasteiger partial charge in [-0.25, -0.2) is 0 Å². The molecule has 0 aromatic rings. The molecule has 0 radical (unpaired) electrons. The van der Waals surface area contributed by atoms with Gasteiger partial charge < -0.3 is 5.11 Å². The molecule has 0 unspecified atom stereocenters. The minimum absolute atomic E-state index is 0.00810. The summed E-state index contributed by atoms with van der Waals surface area (Å²) in [7, 11) is 0. The van der Waals surface area contributed by atoms with Crippen LogP contribution >= 0.6 is 0 Å². The number of rotatable bonds is 2. The van der Waals surface area contributed by atoms with Crippen LogP contribution in [0.15, 0.2) is 0 Å². The van der Waals surface area contributed by atoms with Crippen LogP contribution in [0.3, 0.4) is 0 Å². The van der Waals surface area contributed by atoms with Crippen molar-refractivity contribution in [3.8, 4) is 0 Å². The van der Waals surface area contributed by atoms with Crippen molar-refractivity contribution >= 4 is 5.97 Å². The second kappa shape index (κ2) is 3.08. The van der Waals surface area contributed by atoms with E-state index in [-0.39, 0.29) is 5.92 Å². The van der Waals surface area contributed by atoms with Gasteiger partial charge in [-0.05, 0) is 37.5 Å². The number of hydrogen-bond donors (Lipinski definition) is 1. The highest BCUT2D eigenvalue weighted by Gasteiger charge is 2.40. The predicted octanol–water partition coefficient (Wildman–Crippen LogP) is 2.29. The summed E-state index contributed by atoms with van der Waals surface area (Å²) in [5.41, 5.74) is 0. The molecule has 1 N–H and O–H groups in total. The van der Waals surface area contributed by atoms with E-state index in [0.717, 1.165) is 18.8 Å². The molecule has 2 atom stereocenters. The fourth-order valence-corrected chi connectivity index (χ4v) is 2.55. The molecular formula is C10H16O2. The van der Waals surface area contributed by atoms with E-state index in [1.165, 1.54) is 25.7 Å². The molecule has 0 aromatic carbocycles. The summed E-state index contributed by atoms with van der Waals surface area (Å²) < 4.78 is 0. The van der Waals surface area contributed by atoms with Crippen molar-refractivity contribution in [2.24, 2.45) is 17.8 Å². The van der Waals surface area contributed by atoms with Crippen molar-refractivity contribution in [2.75, 3.05) is 0 Å². The van der Waals surface area contributed by atoms with Gasteiger partial charge in [0, 0.05) is 0 Å². The van der Waals surface area contributed by atoms with E-state index in [0.29, 0.717) is 5.92 Å². The standard InChI is InChI=1S/C10H16O2/c11-10(12)9-4-2-1-3-8(9)7-5-6-7/h7-9H,1-6H2,(H,11,12)/t8-,9-/m0/s1. The largest absolute Gasteiger partial charge is 0.481 e. The van der Waals surface area contributed by atoms with Crippen molar-refractivity contribution in [3.05, 3.63) is 0 Å². The number of carbonyl (C=O) groups is 1. The highest BCUT2D eigenvalue weighted by atomic mass is 16.4. The quantitative estimate of drug-likeness (QED) is 0.686. The van der Waals surface area contributed by atoms with Gasteiger partial charge in [0.05, 0.1) is 5.92 Å². The van der Waals surface area contributed by atoms with E-state index >= 15 is 0 Å². The Morgan fingerprint density at radius 3 is 2.33 bits per heavy atom. The summed E-state index contributed by atoms with van der Waals surface area (Å²) in [6.07, 6.45) is 7.05. The van der Waals surface area contributed by atoms with Crippen molar-refractivity contribution in [1.29, 1.82) is 0 Å². The lowest BCUT2D eigenvalue weighted by molar-refractivity contribution is -0.145. The highest BCUT2D eigenvalue weighted by Crippen LogP contribution is 2.46. The molecule has 2 nitrogen and oxygen atoms in total. The van der Waals surface area contributed by atoms with Crippen molar-refractivity contribution < 1.29 is 9.90 Å². The molecule has 0 saturated heterocycles. The first-order valence-corrected chi connectivity index (χ1v) is 5.02. The molecule has 0 spiro atoms. The summed E-state index contributed by atoms with van der Waals surface area (Å²) in [5.74, 6) is 0.737. The van der Waals surface area contributed by atoms with Crippen molar-refractivity contribution in [3.63, 3.8) is 0 Å². The minimum atomic E-state index is -0.549. The Labute approximate surface area is 73.0 Å². The summed E-state index contributed by atoms with van der Waals surface area (Å²) in [6.45, 7) is 0. The average Bonchev–Trinajstić information content (AvgIpc) is 2.87. The van der Waals surface area contributed by atoms with E-state index in [9.17, 15) is 4.79 Å². The van der Waals surface area contributed by atoms with E-state index < -0.39 is 5.97 Å². The number of carboxylic acids is 1. The Morgan fingerprint density at radius 1 is 1.08 bits per heavy atom. The van der Waals surface area contributed by atoms with E-state index in [1.54, 1.807) is 0 Å². The normalized spacial score (nSPS) is 36.3. The average molecular weight is 168 g/mol. The van der Waals surface area contributed by atoms with Crippen LogP contribution < -0.4 is 0 Å². The van der Waals surface area contributed by atoms with Crippen LogP contribution in [0.2, 0.25) is 0 Å². The van der Waals surface area contributed by atoms with E-state index in [1.807, 2.05) is 0 Å². The van der Waals surface area contributed by atoms with Gasteiger partial charge in [-0.1, -0.05) is 12.8 Å². The molecule has 2 saturated carbocycles. The van der Waals surface area contributed by atoms with Crippen LogP contribution in [0, 0.1) is 17.8 Å². The molecular weight excluding hydrogens is 152 g/mol. The Hall–Kier alpha value is -0.530. The molecule has 2 rings (SSSR count). The summed E-state index contributed by atoms with van der Waals surface area (Å²) in [5, 5.41) is 8.99. The first kappa shape index (κ1) is 8.09. The van der Waals surface area contributed by atoms with Gasteiger partial charge in [-0.2, -0.15) is 0 Å². The lowest BCUT2D eigenvalue weighted by Gasteiger charge is -2.28. The first-order valence-electron chi connectivity index (χ1n) is 5.02. The molecule has 2 aliphatic carbocycles. The van der Waals surface area contributed by atoms with Gasteiger partial charge in [0.25, 0.3) is 0 Å². The Bertz CT molecular complexity index is 184. The number of aliphatic carboxylic acids is 1. The zero-order chi connectivity index (χ0) is 8.55. The zero-order valence-electron chi connectivity index (χ0n) is 7.33. The van der Waals surface area contributed by atoms with Gasteiger partial charge >= 0.3 is 5.97 Å². The third-order valence-corrected chi connectivity index (χ3v) is 3.36. The predicted molar refractivity (Wildman–Crippen MR) is 45.8 cm³/mol. The molecule has 2 heteroatoms. The van der Waals surface area contributed by atoms with Gasteiger partial charge in [0.2, 0.25) is 0 Å². The first-order chi connectivity index (χ1) is 5.79. The fraction of sp³-hybridized carbons (Fsp3) is 0.900. The lowest BCUT2D eigenvalue weighted by atomic mass is 9.76. The fourth-order valence-electron chi connectivity index (χ4n) is 2.55. The molecule has 0 aromatic heterocycles. The zero-order valence-corrected chi connectivity index (χ0v) is 7.33. The second-order valence-corrected chi connectivity index (χ2v) is 4.23. The Morgan fingerprint density at radius 2 is 1.75 bits per heavy atom. The second-order valence-electron chi connectivity index (χ2n) is 4.23. The topological polar surface area (TPSA) is 37.3 Å². The van der Waals surface area contributed by atoms with Crippen LogP contribution in [-0.2, 0) is 4.79 Å². The van der Waals surface area contributed by atoms with E-state index in [2.05, 4.69) is 0 Å². The monoisotopic (exact) mass is 168 g/mol. The Balaban J connectivity index is 2.00. The van der Waals surface area contributed by atoms with Crippen LogP contribution in [0.5, 0.6) is 0 Å². The van der Waals surface area contributed by atoms with Crippen molar-refractivity contribution in [2.45, 2.75) is 38.5 Å². The highest BCUT2D eigenvalue weighted by molar-refractivity contribution is 5.70. The SMILES string of the molecule is O=C(O)[C@H]1CCCC[C@H]1C1CC1. The Kier molecular flexibility index (Phi) is 2.07. The van der Waals surface area contributed by atoms with Crippen LogP contribution in [0.4, 0.5) is 0 Å². The molecule has 68 valence electrons.